The predicted molar refractivity (Wildman–Crippen MR) is 128 cm³/mol. The quantitative estimate of drug-likeness (QED) is 0.327. The van der Waals surface area contributed by atoms with E-state index in [2.05, 4.69) is 25.7 Å². The molecule has 0 atom stereocenters. The van der Waals surface area contributed by atoms with Gasteiger partial charge in [0, 0.05) is 23.6 Å². The van der Waals surface area contributed by atoms with E-state index in [0.717, 1.165) is 24.1 Å². The van der Waals surface area contributed by atoms with Gasteiger partial charge >= 0.3 is 0 Å². The molecule has 0 spiro atoms. The molecular formula is C24H25N7O5. The molecule has 1 aliphatic rings. The molecule has 4 aromatic rings. The van der Waals surface area contributed by atoms with E-state index in [9.17, 15) is 9.59 Å². The summed E-state index contributed by atoms with van der Waals surface area (Å²) in [6.07, 6.45) is 2.14. The lowest BCUT2D eigenvalue weighted by Gasteiger charge is -2.10. The SMILES string of the molecule is COc1ccc(-c2nnc3ccc(OCCNC(=O)Cn4nc(C5CC5)ccc4=O)nn23)cc1OC. The van der Waals surface area contributed by atoms with Crippen molar-refractivity contribution >= 4 is 11.6 Å². The van der Waals surface area contributed by atoms with Crippen molar-refractivity contribution in [3.63, 3.8) is 0 Å². The van der Waals surface area contributed by atoms with Crippen LogP contribution in [0.4, 0.5) is 0 Å². The number of aromatic nitrogens is 6. The van der Waals surface area contributed by atoms with E-state index in [1.54, 1.807) is 49.1 Å². The molecule has 3 heterocycles. The van der Waals surface area contributed by atoms with Crippen LogP contribution >= 0.6 is 0 Å². The molecule has 1 fully saturated rings. The number of nitrogens with one attached hydrogen (secondary N) is 1. The Morgan fingerprint density at radius 1 is 1.03 bits per heavy atom. The molecule has 1 aromatic carbocycles. The maximum Gasteiger partial charge on any atom is 0.267 e. The average Bonchev–Trinajstić information content (AvgIpc) is 3.66. The van der Waals surface area contributed by atoms with Crippen molar-refractivity contribution in [1.29, 1.82) is 0 Å². The van der Waals surface area contributed by atoms with E-state index in [-0.39, 0.29) is 31.2 Å². The van der Waals surface area contributed by atoms with Crippen LogP contribution in [0.3, 0.4) is 0 Å². The largest absolute Gasteiger partial charge is 0.493 e. The second-order valence-corrected chi connectivity index (χ2v) is 8.26. The first-order valence-electron chi connectivity index (χ1n) is 11.5. The van der Waals surface area contributed by atoms with Crippen LogP contribution in [0, 0.1) is 0 Å². The first-order valence-corrected chi connectivity index (χ1v) is 11.5. The first kappa shape index (κ1) is 23.3. The van der Waals surface area contributed by atoms with E-state index in [4.69, 9.17) is 14.2 Å². The van der Waals surface area contributed by atoms with Crippen molar-refractivity contribution < 1.29 is 19.0 Å². The molecular weight excluding hydrogens is 466 g/mol. The molecule has 0 aliphatic heterocycles. The topological polar surface area (TPSA) is 135 Å². The number of benzene rings is 1. The molecule has 5 rings (SSSR count). The monoisotopic (exact) mass is 491 g/mol. The average molecular weight is 492 g/mol. The van der Waals surface area contributed by atoms with Crippen LogP contribution < -0.4 is 25.1 Å². The molecule has 0 radical (unpaired) electrons. The van der Waals surface area contributed by atoms with Crippen LogP contribution in [0.1, 0.15) is 24.5 Å². The highest BCUT2D eigenvalue weighted by molar-refractivity contribution is 5.75. The highest BCUT2D eigenvalue weighted by Crippen LogP contribution is 2.38. The van der Waals surface area contributed by atoms with E-state index in [1.807, 2.05) is 6.07 Å². The summed E-state index contributed by atoms with van der Waals surface area (Å²) in [5.74, 6) is 2.09. The number of hydrogen-bond donors (Lipinski definition) is 1. The van der Waals surface area contributed by atoms with Gasteiger partial charge < -0.3 is 19.5 Å². The number of methoxy groups -OCH3 is 2. The van der Waals surface area contributed by atoms with Gasteiger partial charge in [0.05, 0.1) is 26.5 Å². The fourth-order valence-corrected chi connectivity index (χ4v) is 3.72. The Balaban J connectivity index is 1.20. The fourth-order valence-electron chi connectivity index (χ4n) is 3.72. The van der Waals surface area contributed by atoms with E-state index >= 15 is 0 Å². The first-order chi connectivity index (χ1) is 17.6. The van der Waals surface area contributed by atoms with Crippen LogP contribution in [-0.4, -0.2) is 62.9 Å². The Kier molecular flexibility index (Phi) is 6.48. The zero-order chi connectivity index (χ0) is 25.1. The van der Waals surface area contributed by atoms with E-state index in [0.29, 0.717) is 34.8 Å². The van der Waals surface area contributed by atoms with Gasteiger partial charge in [-0.2, -0.15) is 9.61 Å². The molecule has 1 amide bonds. The molecule has 0 saturated heterocycles. The molecule has 12 nitrogen and oxygen atoms in total. The maximum absolute atomic E-state index is 12.3. The van der Waals surface area contributed by atoms with Crippen molar-refractivity contribution in [3.05, 3.63) is 58.5 Å². The van der Waals surface area contributed by atoms with Crippen LogP contribution in [0.25, 0.3) is 17.0 Å². The summed E-state index contributed by atoms with van der Waals surface area (Å²) < 4.78 is 19.1. The normalized spacial score (nSPS) is 12.9. The lowest BCUT2D eigenvalue weighted by molar-refractivity contribution is -0.122. The molecule has 0 bridgehead atoms. The number of amides is 1. The number of hydrogen-bond acceptors (Lipinski definition) is 9. The van der Waals surface area contributed by atoms with Crippen LogP contribution in [0.2, 0.25) is 0 Å². The molecule has 3 aromatic heterocycles. The van der Waals surface area contributed by atoms with Gasteiger partial charge in [-0.1, -0.05) is 0 Å². The van der Waals surface area contributed by atoms with Crippen molar-refractivity contribution in [3.8, 4) is 28.8 Å². The van der Waals surface area contributed by atoms with Gasteiger partial charge in [0.2, 0.25) is 11.8 Å². The Morgan fingerprint density at radius 3 is 2.64 bits per heavy atom. The summed E-state index contributed by atoms with van der Waals surface area (Å²) in [7, 11) is 3.13. The van der Waals surface area contributed by atoms with Gasteiger partial charge in [-0.05, 0) is 43.2 Å². The Labute approximate surface area is 205 Å². The molecule has 1 N–H and O–H groups in total. The minimum atomic E-state index is -0.320. The van der Waals surface area contributed by atoms with Crippen molar-refractivity contribution in [2.24, 2.45) is 0 Å². The number of rotatable bonds is 10. The standard InChI is InChI=1S/C24H25N7O5/c1-34-18-7-5-16(13-19(18)35-2)24-27-26-20-8-9-22(29-31(20)24)36-12-11-25-21(32)14-30-23(33)10-6-17(28-30)15-3-4-15/h5-10,13,15H,3-4,11-12,14H2,1-2H3,(H,25,32). The van der Waals surface area contributed by atoms with Crippen molar-refractivity contribution in [2.75, 3.05) is 27.4 Å². The molecule has 0 unspecified atom stereocenters. The van der Waals surface area contributed by atoms with Crippen LogP contribution in [0.5, 0.6) is 17.4 Å². The summed E-state index contributed by atoms with van der Waals surface area (Å²) in [5.41, 5.74) is 1.84. The lowest BCUT2D eigenvalue weighted by Crippen LogP contribution is -2.35. The molecule has 1 aliphatic carbocycles. The van der Waals surface area contributed by atoms with Gasteiger partial charge in [0.15, 0.2) is 23.0 Å². The molecule has 186 valence electrons. The lowest BCUT2D eigenvalue weighted by atomic mass is 10.2. The van der Waals surface area contributed by atoms with Gasteiger partial charge in [-0.3, -0.25) is 9.59 Å². The third-order valence-corrected chi connectivity index (χ3v) is 5.73. The number of carbonyl (C=O) groups excluding carboxylic acids is 1. The summed E-state index contributed by atoms with van der Waals surface area (Å²) in [6.45, 7) is 0.280. The maximum atomic E-state index is 12.3. The van der Waals surface area contributed by atoms with Gasteiger partial charge in [-0.15, -0.1) is 15.3 Å². The molecule has 12 heteroatoms. The zero-order valence-corrected chi connectivity index (χ0v) is 19.9. The van der Waals surface area contributed by atoms with E-state index < -0.39 is 0 Å². The highest BCUT2D eigenvalue weighted by atomic mass is 16.5. The molecule has 36 heavy (non-hydrogen) atoms. The zero-order valence-electron chi connectivity index (χ0n) is 19.9. The van der Waals surface area contributed by atoms with Gasteiger partial charge in [-0.25, -0.2) is 4.68 Å². The predicted octanol–water partition coefficient (Wildman–Crippen LogP) is 1.44. The Hall–Kier alpha value is -4.48. The summed E-state index contributed by atoms with van der Waals surface area (Å²) in [5, 5.41) is 19.9. The molecule has 1 saturated carbocycles. The van der Waals surface area contributed by atoms with Gasteiger partial charge in [0.1, 0.15) is 13.2 Å². The second kappa shape index (κ2) is 10.0. The summed E-state index contributed by atoms with van der Waals surface area (Å²) in [6, 6.07) is 12.0. The Morgan fingerprint density at radius 2 is 1.86 bits per heavy atom. The minimum absolute atomic E-state index is 0.140. The number of nitrogens with zero attached hydrogens (tertiary/aromatic N) is 6. The fraction of sp³-hybridized carbons (Fsp3) is 0.333. The summed E-state index contributed by atoms with van der Waals surface area (Å²) in [4.78, 5) is 24.3. The smallest absolute Gasteiger partial charge is 0.267 e. The van der Waals surface area contributed by atoms with Crippen LogP contribution in [0.15, 0.2) is 47.3 Å². The van der Waals surface area contributed by atoms with Gasteiger partial charge in [0.25, 0.3) is 5.56 Å². The highest BCUT2D eigenvalue weighted by Gasteiger charge is 2.25. The van der Waals surface area contributed by atoms with Crippen LogP contribution in [-0.2, 0) is 11.3 Å². The van der Waals surface area contributed by atoms with E-state index in [1.165, 1.54) is 10.7 Å². The number of ether oxygens (including phenoxy) is 3. The second-order valence-electron chi connectivity index (χ2n) is 8.26. The number of carbonyl (C=O) groups is 1. The minimum Gasteiger partial charge on any atom is -0.493 e. The van der Waals surface area contributed by atoms with Crippen molar-refractivity contribution in [2.45, 2.75) is 25.3 Å². The van der Waals surface area contributed by atoms with Crippen molar-refractivity contribution in [1.82, 2.24) is 34.9 Å². The number of fused-ring (bicyclic) bond motifs is 1. The third kappa shape index (κ3) is 4.97. The summed E-state index contributed by atoms with van der Waals surface area (Å²) >= 11 is 0. The third-order valence-electron chi connectivity index (χ3n) is 5.73. The Bertz CT molecular complexity index is 1460.